The van der Waals surface area contributed by atoms with Crippen molar-refractivity contribution >= 4 is 17.3 Å². The fourth-order valence-corrected chi connectivity index (χ4v) is 3.50. The van der Waals surface area contributed by atoms with E-state index >= 15 is 0 Å². The average Bonchev–Trinajstić information content (AvgIpc) is 2.82. The molecule has 3 rings (SSSR count). The van der Waals surface area contributed by atoms with Crippen LogP contribution in [0.4, 0.5) is 13.2 Å². The van der Waals surface area contributed by atoms with Crippen molar-refractivity contribution in [2.45, 2.75) is 18.7 Å². The Bertz CT molecular complexity index is 948. The van der Waals surface area contributed by atoms with Crippen molar-refractivity contribution < 1.29 is 32.1 Å². The number of nitrogens with zero attached hydrogens (tertiary/aromatic N) is 3. The standard InChI is InChI=1S/C21H25F3N4O4S/c1-29-15-3-4-17(30-2)14(11-15)5-7-26-20(33)28-9-10-31-16(12-28)13-32-19-25-8-6-18(27-19)21(22,23)24/h3-4,6,8,11,16H,5,7,9-10,12-13H2,1-2H3,(H,26,33). The van der Waals surface area contributed by atoms with E-state index in [1.807, 2.05) is 23.1 Å². The van der Waals surface area contributed by atoms with Gasteiger partial charge >= 0.3 is 12.2 Å². The molecule has 0 aliphatic carbocycles. The Morgan fingerprint density at radius 3 is 2.82 bits per heavy atom. The lowest BCUT2D eigenvalue weighted by molar-refractivity contribution is -0.141. The van der Waals surface area contributed by atoms with Crippen molar-refractivity contribution in [1.29, 1.82) is 0 Å². The molecule has 2 aromatic rings. The molecule has 180 valence electrons. The van der Waals surface area contributed by atoms with Gasteiger partial charge in [-0.3, -0.25) is 0 Å². The topological polar surface area (TPSA) is 78.0 Å². The smallest absolute Gasteiger partial charge is 0.433 e. The molecular formula is C21H25F3N4O4S. The van der Waals surface area contributed by atoms with E-state index in [-0.39, 0.29) is 12.6 Å². The largest absolute Gasteiger partial charge is 0.497 e. The van der Waals surface area contributed by atoms with Crippen LogP contribution in [0.5, 0.6) is 17.5 Å². The Balaban J connectivity index is 1.48. The van der Waals surface area contributed by atoms with Crippen LogP contribution in [0, 0.1) is 0 Å². The Kier molecular flexibility index (Phi) is 8.50. The molecule has 8 nitrogen and oxygen atoms in total. The number of ether oxygens (including phenoxy) is 4. The number of alkyl halides is 3. The van der Waals surface area contributed by atoms with Crippen LogP contribution < -0.4 is 19.5 Å². The van der Waals surface area contributed by atoms with E-state index in [0.29, 0.717) is 37.8 Å². The van der Waals surface area contributed by atoms with E-state index < -0.39 is 18.0 Å². The summed E-state index contributed by atoms with van der Waals surface area (Å²) >= 11 is 5.50. The first-order chi connectivity index (χ1) is 15.8. The van der Waals surface area contributed by atoms with Crippen molar-refractivity contribution in [2.24, 2.45) is 0 Å². The molecule has 1 aliphatic heterocycles. The van der Waals surface area contributed by atoms with Crippen molar-refractivity contribution in [2.75, 3.05) is 47.1 Å². The fraction of sp³-hybridized carbons (Fsp3) is 0.476. The quantitative estimate of drug-likeness (QED) is 0.567. The Morgan fingerprint density at radius 1 is 1.27 bits per heavy atom. The fourth-order valence-electron chi connectivity index (χ4n) is 3.23. The molecule has 0 radical (unpaired) electrons. The second kappa shape index (κ2) is 11.3. The third-order valence-corrected chi connectivity index (χ3v) is 5.31. The lowest BCUT2D eigenvalue weighted by Crippen LogP contribution is -2.51. The SMILES string of the molecule is COc1ccc(OC)c(CCNC(=S)N2CCOC(COc3nccc(C(F)(F)F)n3)C2)c1. The third-order valence-electron chi connectivity index (χ3n) is 4.91. The summed E-state index contributed by atoms with van der Waals surface area (Å²) in [5.41, 5.74) is -0.0711. The molecule has 1 N–H and O–H groups in total. The zero-order chi connectivity index (χ0) is 23.8. The van der Waals surface area contributed by atoms with Crippen LogP contribution in [-0.2, 0) is 17.3 Å². The maximum Gasteiger partial charge on any atom is 0.433 e. The zero-order valence-corrected chi connectivity index (χ0v) is 19.0. The first-order valence-corrected chi connectivity index (χ1v) is 10.6. The van der Waals surface area contributed by atoms with Crippen LogP contribution in [0.3, 0.4) is 0 Å². The molecule has 12 heteroatoms. The van der Waals surface area contributed by atoms with E-state index in [9.17, 15) is 13.2 Å². The summed E-state index contributed by atoms with van der Waals surface area (Å²) in [5.74, 6) is 1.51. The Labute approximate surface area is 195 Å². The maximum absolute atomic E-state index is 12.8. The van der Waals surface area contributed by atoms with Crippen molar-refractivity contribution in [3.63, 3.8) is 0 Å². The normalized spacial score (nSPS) is 16.3. The summed E-state index contributed by atoms with van der Waals surface area (Å²) in [5, 5.41) is 3.78. The van der Waals surface area contributed by atoms with Gasteiger partial charge in [0.05, 0.1) is 20.8 Å². The third kappa shape index (κ3) is 7.06. The first-order valence-electron chi connectivity index (χ1n) is 10.2. The molecular weight excluding hydrogens is 461 g/mol. The van der Waals surface area contributed by atoms with Gasteiger partial charge in [0.15, 0.2) is 10.8 Å². The number of hydrogen-bond acceptors (Lipinski definition) is 7. The van der Waals surface area contributed by atoms with E-state index in [0.717, 1.165) is 29.3 Å². The minimum absolute atomic E-state index is 0.00142. The molecule has 1 aromatic carbocycles. The van der Waals surface area contributed by atoms with E-state index in [2.05, 4.69) is 15.3 Å². The molecule has 2 heterocycles. The van der Waals surface area contributed by atoms with Gasteiger partial charge in [0.2, 0.25) is 0 Å². The van der Waals surface area contributed by atoms with Gasteiger partial charge in [-0.25, -0.2) is 4.98 Å². The summed E-state index contributed by atoms with van der Waals surface area (Å²) < 4.78 is 60.0. The highest BCUT2D eigenvalue weighted by atomic mass is 32.1. The lowest BCUT2D eigenvalue weighted by atomic mass is 10.1. The van der Waals surface area contributed by atoms with Gasteiger partial charge in [0, 0.05) is 25.8 Å². The van der Waals surface area contributed by atoms with Crippen LogP contribution in [0.2, 0.25) is 0 Å². The second-order valence-corrected chi connectivity index (χ2v) is 7.52. The van der Waals surface area contributed by atoms with Gasteiger partial charge in [-0.15, -0.1) is 0 Å². The minimum Gasteiger partial charge on any atom is -0.497 e. The van der Waals surface area contributed by atoms with Gasteiger partial charge < -0.3 is 29.2 Å². The first kappa shape index (κ1) is 24.8. The van der Waals surface area contributed by atoms with Crippen LogP contribution in [0.25, 0.3) is 0 Å². The molecule has 1 fully saturated rings. The number of rotatable bonds is 8. The highest BCUT2D eigenvalue weighted by Crippen LogP contribution is 2.28. The molecule has 0 bridgehead atoms. The summed E-state index contributed by atoms with van der Waals surface area (Å²) in [7, 11) is 3.22. The maximum atomic E-state index is 12.8. The van der Waals surface area contributed by atoms with E-state index in [1.54, 1.807) is 14.2 Å². The number of morpholine rings is 1. The number of benzene rings is 1. The predicted molar refractivity (Wildman–Crippen MR) is 118 cm³/mol. The van der Waals surface area contributed by atoms with E-state index in [1.165, 1.54) is 0 Å². The number of halogens is 3. The number of aromatic nitrogens is 2. The lowest BCUT2D eigenvalue weighted by Gasteiger charge is -2.34. The van der Waals surface area contributed by atoms with Gasteiger partial charge in [-0.2, -0.15) is 18.2 Å². The van der Waals surface area contributed by atoms with Crippen molar-refractivity contribution in [3.05, 3.63) is 41.7 Å². The van der Waals surface area contributed by atoms with Crippen LogP contribution in [0.15, 0.2) is 30.5 Å². The molecule has 0 spiro atoms. The summed E-state index contributed by atoms with van der Waals surface area (Å²) in [6, 6.07) is 6.05. The molecule has 33 heavy (non-hydrogen) atoms. The van der Waals surface area contributed by atoms with Gasteiger partial charge in [-0.1, -0.05) is 0 Å². The molecule has 1 aromatic heterocycles. The van der Waals surface area contributed by atoms with E-state index in [4.69, 9.17) is 31.2 Å². The molecule has 0 amide bonds. The highest BCUT2D eigenvalue weighted by Gasteiger charge is 2.33. The summed E-state index contributed by atoms with van der Waals surface area (Å²) in [4.78, 5) is 9.05. The van der Waals surface area contributed by atoms with Gasteiger partial charge in [0.1, 0.15) is 24.2 Å². The Morgan fingerprint density at radius 2 is 2.09 bits per heavy atom. The monoisotopic (exact) mass is 486 g/mol. The predicted octanol–water partition coefficient (Wildman–Crippen LogP) is 2.71. The van der Waals surface area contributed by atoms with Crippen LogP contribution >= 0.6 is 12.2 Å². The van der Waals surface area contributed by atoms with Gasteiger partial charge in [-0.05, 0) is 48.5 Å². The van der Waals surface area contributed by atoms with Crippen molar-refractivity contribution in [3.8, 4) is 17.5 Å². The molecule has 1 aliphatic rings. The van der Waals surface area contributed by atoms with Gasteiger partial charge in [0.25, 0.3) is 0 Å². The zero-order valence-electron chi connectivity index (χ0n) is 18.2. The summed E-state index contributed by atoms with van der Waals surface area (Å²) in [6.45, 7) is 2.00. The Hall–Kier alpha value is -2.86. The van der Waals surface area contributed by atoms with Crippen LogP contribution in [-0.4, -0.2) is 73.2 Å². The number of hydrogen-bond donors (Lipinski definition) is 1. The average molecular weight is 487 g/mol. The van der Waals surface area contributed by atoms with Crippen LogP contribution in [0.1, 0.15) is 11.3 Å². The molecule has 1 saturated heterocycles. The second-order valence-electron chi connectivity index (χ2n) is 7.13. The minimum atomic E-state index is -4.56. The van der Waals surface area contributed by atoms with Crippen molar-refractivity contribution in [1.82, 2.24) is 20.2 Å². The molecule has 1 atom stereocenters. The number of methoxy groups -OCH3 is 2. The highest BCUT2D eigenvalue weighted by molar-refractivity contribution is 7.80. The summed E-state index contributed by atoms with van der Waals surface area (Å²) in [6.07, 6.45) is -3.28. The number of thiocarbonyl (C=S) groups is 1. The number of nitrogens with one attached hydrogen (secondary N) is 1. The molecule has 0 saturated carbocycles. The molecule has 1 unspecified atom stereocenters.